The van der Waals surface area contributed by atoms with Gasteiger partial charge in [-0.3, -0.25) is 4.89 Å². The molecule has 1 aromatic carbocycles. The quantitative estimate of drug-likeness (QED) is 0.532. The molecule has 0 heterocycles. The average Bonchev–Trinajstić information content (AvgIpc) is 2.87. The zero-order chi connectivity index (χ0) is 20.3. The minimum Gasteiger partial charge on any atom is -0.404 e. The monoisotopic (exact) mass is 432 g/mol. The highest BCUT2D eigenvalue weighted by Gasteiger charge is 2.54. The van der Waals surface area contributed by atoms with E-state index in [0.717, 1.165) is 44.1 Å². The molecule has 0 bridgehead atoms. The molecule has 28 heavy (non-hydrogen) atoms. The summed E-state index contributed by atoms with van der Waals surface area (Å²) in [5.74, 6) is 1.48. The Labute approximate surface area is 163 Å². The highest BCUT2D eigenvalue weighted by molar-refractivity contribution is 7.60. The number of aliphatic hydroxyl groups is 1. The van der Waals surface area contributed by atoms with Crippen LogP contribution in [0.2, 0.25) is 0 Å². The van der Waals surface area contributed by atoms with Crippen molar-refractivity contribution in [3.05, 3.63) is 29.3 Å². The van der Waals surface area contributed by atoms with Gasteiger partial charge >= 0.3 is 15.6 Å². The van der Waals surface area contributed by atoms with Gasteiger partial charge in [0.05, 0.1) is 6.10 Å². The van der Waals surface area contributed by atoms with Gasteiger partial charge in [0.2, 0.25) is 0 Å². The molecule has 6 atom stereocenters. The Kier molecular flexibility index (Phi) is 5.08. The highest BCUT2D eigenvalue weighted by atomic mass is 31.3. The maximum Gasteiger partial charge on any atom is 0.536 e. The Morgan fingerprint density at radius 3 is 2.57 bits per heavy atom. The summed E-state index contributed by atoms with van der Waals surface area (Å²) in [6.07, 6.45) is 5.48. The van der Waals surface area contributed by atoms with Crippen molar-refractivity contribution in [1.82, 2.24) is 0 Å². The van der Waals surface area contributed by atoms with Crippen LogP contribution in [0.4, 0.5) is 0 Å². The number of hydrogen-bond donors (Lipinski definition) is 4. The molecule has 3 aliphatic rings. The Morgan fingerprint density at radius 2 is 1.86 bits per heavy atom. The van der Waals surface area contributed by atoms with Crippen LogP contribution in [0.1, 0.15) is 56.1 Å². The number of aryl methyl sites for hydroxylation is 1. The van der Waals surface area contributed by atoms with E-state index in [9.17, 15) is 19.1 Å². The zero-order valence-electron chi connectivity index (χ0n) is 15.6. The van der Waals surface area contributed by atoms with Gasteiger partial charge < -0.3 is 19.4 Å². The summed E-state index contributed by atoms with van der Waals surface area (Å²) in [6.45, 7) is 2.22. The molecule has 1 unspecified atom stereocenters. The lowest BCUT2D eigenvalue weighted by Gasteiger charge is -2.50. The molecule has 2 saturated carbocycles. The first-order valence-corrected chi connectivity index (χ1v) is 12.6. The van der Waals surface area contributed by atoms with E-state index in [1.807, 2.05) is 6.07 Å². The molecule has 2 fully saturated rings. The first-order valence-electron chi connectivity index (χ1n) is 9.59. The Hall–Kier alpha value is -0.720. The number of fused-ring (bicyclic) bond motifs is 5. The summed E-state index contributed by atoms with van der Waals surface area (Å²) in [7, 11) is -10.1. The van der Waals surface area contributed by atoms with Crippen LogP contribution in [0.15, 0.2) is 18.2 Å². The van der Waals surface area contributed by atoms with Gasteiger partial charge in [-0.25, -0.2) is 9.13 Å². The van der Waals surface area contributed by atoms with Crippen LogP contribution in [0.5, 0.6) is 5.75 Å². The standard InChI is InChI=1S/C18H26O8P2/c1-18-9-8-14-13-5-3-12(25-28(23,24)26-27(20,21)22)10-11(13)2-4-15(14)16(18)6-7-17(18)19/h3,5,10,14-17,19H,2,4,6-9H2,1H3,(H,23,24)(H2,20,21,22)/t14-,15-,16+,17+,18+/m1/s1. The van der Waals surface area contributed by atoms with Gasteiger partial charge in [0.25, 0.3) is 0 Å². The zero-order valence-corrected chi connectivity index (χ0v) is 17.4. The minimum atomic E-state index is -5.15. The van der Waals surface area contributed by atoms with E-state index in [1.165, 1.54) is 5.56 Å². The van der Waals surface area contributed by atoms with Gasteiger partial charge in [0.15, 0.2) is 0 Å². The molecule has 0 saturated heterocycles. The predicted octanol–water partition coefficient (Wildman–Crippen LogP) is 3.49. The fourth-order valence-electron chi connectivity index (χ4n) is 5.87. The average molecular weight is 432 g/mol. The summed E-state index contributed by atoms with van der Waals surface area (Å²) < 4.78 is 31.3. The van der Waals surface area contributed by atoms with Gasteiger partial charge in [-0.2, -0.15) is 4.31 Å². The normalized spacial score (nSPS) is 36.8. The highest BCUT2D eigenvalue weighted by Crippen LogP contribution is 2.61. The number of phosphoric ester groups is 1. The lowest BCUT2D eigenvalue weighted by Crippen LogP contribution is -2.43. The number of aliphatic hydroxyl groups excluding tert-OH is 1. The van der Waals surface area contributed by atoms with Crippen LogP contribution in [0, 0.1) is 17.3 Å². The Bertz CT molecular complexity index is 867. The molecule has 0 aliphatic heterocycles. The first-order chi connectivity index (χ1) is 13.0. The van der Waals surface area contributed by atoms with E-state index in [1.54, 1.807) is 12.1 Å². The maximum atomic E-state index is 11.8. The van der Waals surface area contributed by atoms with Gasteiger partial charge in [0.1, 0.15) is 5.75 Å². The lowest BCUT2D eigenvalue weighted by molar-refractivity contribution is -0.0226. The number of benzene rings is 1. The molecule has 156 valence electrons. The smallest absolute Gasteiger partial charge is 0.404 e. The van der Waals surface area contributed by atoms with Crippen LogP contribution < -0.4 is 4.52 Å². The van der Waals surface area contributed by atoms with E-state index < -0.39 is 15.6 Å². The van der Waals surface area contributed by atoms with E-state index in [0.29, 0.717) is 17.8 Å². The third kappa shape index (κ3) is 3.72. The third-order valence-corrected chi connectivity index (χ3v) is 9.20. The molecule has 0 radical (unpaired) electrons. The molecule has 3 aliphatic carbocycles. The molecule has 0 spiro atoms. The van der Waals surface area contributed by atoms with Crippen molar-refractivity contribution in [2.24, 2.45) is 17.3 Å². The van der Waals surface area contributed by atoms with Gasteiger partial charge in [-0.1, -0.05) is 13.0 Å². The van der Waals surface area contributed by atoms with Gasteiger partial charge in [0, 0.05) is 0 Å². The largest absolute Gasteiger partial charge is 0.536 e. The van der Waals surface area contributed by atoms with Crippen molar-refractivity contribution in [1.29, 1.82) is 0 Å². The molecular formula is C18H26O8P2. The van der Waals surface area contributed by atoms with Crippen LogP contribution in [-0.2, 0) is 19.9 Å². The second-order valence-electron chi connectivity index (χ2n) is 8.55. The van der Waals surface area contributed by atoms with E-state index in [4.69, 9.17) is 14.3 Å². The van der Waals surface area contributed by atoms with Gasteiger partial charge in [-0.15, -0.1) is 0 Å². The molecule has 8 nitrogen and oxygen atoms in total. The second-order valence-corrected chi connectivity index (χ2v) is 11.3. The molecular weight excluding hydrogens is 406 g/mol. The van der Waals surface area contributed by atoms with E-state index in [-0.39, 0.29) is 17.3 Å². The summed E-state index contributed by atoms with van der Waals surface area (Å²) in [5, 5.41) is 10.5. The molecule has 0 aromatic heterocycles. The summed E-state index contributed by atoms with van der Waals surface area (Å²) in [4.78, 5) is 27.0. The van der Waals surface area contributed by atoms with E-state index >= 15 is 0 Å². The van der Waals surface area contributed by atoms with Crippen molar-refractivity contribution in [2.75, 3.05) is 0 Å². The summed E-state index contributed by atoms with van der Waals surface area (Å²) in [5.41, 5.74) is 2.23. The lowest BCUT2D eigenvalue weighted by atomic mass is 9.55. The molecule has 4 rings (SSSR count). The molecule has 10 heteroatoms. The summed E-state index contributed by atoms with van der Waals surface area (Å²) in [6, 6.07) is 5.09. The molecule has 1 aromatic rings. The topological polar surface area (TPSA) is 134 Å². The predicted molar refractivity (Wildman–Crippen MR) is 101 cm³/mol. The van der Waals surface area contributed by atoms with Crippen LogP contribution in [0.25, 0.3) is 0 Å². The number of hydrogen-bond acceptors (Lipinski definition) is 5. The maximum absolute atomic E-state index is 11.8. The fourth-order valence-corrected chi connectivity index (χ4v) is 7.46. The van der Waals surface area contributed by atoms with Crippen molar-refractivity contribution < 1.29 is 37.8 Å². The first kappa shape index (κ1) is 20.5. The van der Waals surface area contributed by atoms with Crippen molar-refractivity contribution in [3.63, 3.8) is 0 Å². The Balaban J connectivity index is 1.55. The third-order valence-electron chi connectivity index (χ3n) is 7.08. The van der Waals surface area contributed by atoms with Crippen molar-refractivity contribution in [3.8, 4) is 5.75 Å². The minimum absolute atomic E-state index is 0.00508. The Morgan fingerprint density at radius 1 is 1.11 bits per heavy atom. The van der Waals surface area contributed by atoms with Gasteiger partial charge in [-0.05, 0) is 85.0 Å². The van der Waals surface area contributed by atoms with Crippen molar-refractivity contribution >= 4 is 15.6 Å². The van der Waals surface area contributed by atoms with E-state index in [2.05, 4.69) is 11.2 Å². The SMILES string of the molecule is C[C@]12CC[C@@H]3c4ccc(OP(=O)(O)OP(=O)(O)O)cc4CC[C@H]3[C@@H]1CC[C@@H]2O. The van der Waals surface area contributed by atoms with Crippen LogP contribution in [-0.4, -0.2) is 25.9 Å². The second kappa shape index (κ2) is 6.92. The summed E-state index contributed by atoms with van der Waals surface area (Å²) >= 11 is 0. The van der Waals surface area contributed by atoms with Crippen LogP contribution >= 0.6 is 15.6 Å². The number of rotatable bonds is 4. The van der Waals surface area contributed by atoms with Crippen molar-refractivity contribution in [2.45, 2.75) is 57.5 Å². The molecule has 0 amide bonds. The molecule has 4 N–H and O–H groups in total. The van der Waals surface area contributed by atoms with Crippen LogP contribution in [0.3, 0.4) is 0 Å². The number of phosphoric acid groups is 2. The fraction of sp³-hybridized carbons (Fsp3) is 0.667.